The third-order valence-electron chi connectivity index (χ3n) is 3.33. The van der Waals surface area contributed by atoms with E-state index in [0.717, 1.165) is 18.8 Å². The third kappa shape index (κ3) is 6.45. The van der Waals surface area contributed by atoms with Crippen LogP contribution in [0, 0.1) is 11.8 Å². The summed E-state index contributed by atoms with van der Waals surface area (Å²) < 4.78 is 10.6. The number of hydrogen-bond acceptors (Lipinski definition) is 5. The molecule has 0 aromatic carbocycles. The number of amides is 1. The van der Waals surface area contributed by atoms with Crippen LogP contribution >= 0.6 is 11.6 Å². The van der Waals surface area contributed by atoms with Crippen molar-refractivity contribution >= 4 is 23.4 Å². The van der Waals surface area contributed by atoms with Crippen molar-refractivity contribution in [2.45, 2.75) is 39.3 Å². The number of carbonyl (C=O) groups excluding carboxylic acids is 1. The maximum Gasteiger partial charge on any atom is 0.408 e. The van der Waals surface area contributed by atoms with Gasteiger partial charge in [-0.15, -0.1) is 0 Å². The Morgan fingerprint density at radius 1 is 1.44 bits per heavy atom. The highest BCUT2D eigenvalue weighted by atomic mass is 35.5. The zero-order chi connectivity index (χ0) is 18.4. The lowest BCUT2D eigenvalue weighted by Crippen LogP contribution is -2.37. The van der Waals surface area contributed by atoms with Gasteiger partial charge in [0.1, 0.15) is 11.3 Å². The van der Waals surface area contributed by atoms with E-state index in [1.165, 1.54) is 0 Å². The van der Waals surface area contributed by atoms with E-state index in [1.807, 2.05) is 26.8 Å². The molecule has 1 fully saturated rings. The van der Waals surface area contributed by atoms with Crippen LogP contribution in [-0.4, -0.2) is 49.0 Å². The number of morpholine rings is 1. The van der Waals surface area contributed by atoms with Gasteiger partial charge in [0.2, 0.25) is 0 Å². The molecule has 1 atom stereocenters. The zero-order valence-electron chi connectivity index (χ0n) is 15.1. The number of halogens is 1. The smallest absolute Gasteiger partial charge is 0.408 e. The molecule has 2 rings (SSSR count). The number of aromatic nitrogens is 1. The van der Waals surface area contributed by atoms with E-state index in [4.69, 9.17) is 21.1 Å². The molecule has 0 spiro atoms. The lowest BCUT2D eigenvalue weighted by atomic mass is 10.2. The Kier molecular flexibility index (Phi) is 6.51. The van der Waals surface area contributed by atoms with Crippen LogP contribution in [0.4, 0.5) is 10.5 Å². The normalized spacial score (nSPS) is 15.8. The lowest BCUT2D eigenvalue weighted by molar-refractivity contribution is 0.0519. The number of hydrogen-bond donors (Lipinski definition) is 1. The van der Waals surface area contributed by atoms with Crippen LogP contribution in [0.1, 0.15) is 33.4 Å². The van der Waals surface area contributed by atoms with E-state index in [2.05, 4.69) is 27.0 Å². The van der Waals surface area contributed by atoms with Gasteiger partial charge in [-0.2, -0.15) is 0 Å². The summed E-state index contributed by atoms with van der Waals surface area (Å²) in [5, 5.41) is 3.26. The molecule has 1 aromatic rings. The maximum atomic E-state index is 11.8. The van der Waals surface area contributed by atoms with Gasteiger partial charge in [-0.3, -0.25) is 0 Å². The van der Waals surface area contributed by atoms with Crippen molar-refractivity contribution in [1.82, 2.24) is 10.3 Å². The number of pyridine rings is 1. The largest absolute Gasteiger partial charge is 0.444 e. The minimum Gasteiger partial charge on any atom is -0.444 e. The molecule has 1 aromatic heterocycles. The van der Waals surface area contributed by atoms with Gasteiger partial charge in [0, 0.05) is 19.3 Å². The average molecular weight is 366 g/mol. The Bertz CT molecular complexity index is 670. The SMILES string of the molecule is CC(C#Cc1ncc(Cl)cc1N1CCOCC1)NC(=O)OC(C)(C)C. The quantitative estimate of drug-likeness (QED) is 0.816. The molecule has 1 N–H and O–H groups in total. The van der Waals surface area contributed by atoms with Gasteiger partial charge in [-0.1, -0.05) is 17.5 Å². The highest BCUT2D eigenvalue weighted by Crippen LogP contribution is 2.23. The second-order valence-corrected chi connectivity index (χ2v) is 7.19. The van der Waals surface area contributed by atoms with Gasteiger partial charge >= 0.3 is 6.09 Å². The van der Waals surface area contributed by atoms with Crippen LogP contribution in [0.2, 0.25) is 5.02 Å². The molecule has 1 unspecified atom stereocenters. The van der Waals surface area contributed by atoms with E-state index >= 15 is 0 Å². The van der Waals surface area contributed by atoms with Crippen molar-refractivity contribution in [3.8, 4) is 11.8 Å². The fraction of sp³-hybridized carbons (Fsp3) is 0.556. The van der Waals surface area contributed by atoms with Crippen LogP contribution in [-0.2, 0) is 9.47 Å². The molecular weight excluding hydrogens is 342 g/mol. The predicted octanol–water partition coefficient (Wildman–Crippen LogP) is 2.84. The van der Waals surface area contributed by atoms with E-state index in [1.54, 1.807) is 13.1 Å². The van der Waals surface area contributed by atoms with E-state index in [0.29, 0.717) is 23.9 Å². The number of carbonyl (C=O) groups is 1. The van der Waals surface area contributed by atoms with Gasteiger partial charge in [0.05, 0.1) is 30.0 Å². The van der Waals surface area contributed by atoms with Crippen LogP contribution in [0.25, 0.3) is 0 Å². The number of rotatable bonds is 2. The minimum atomic E-state index is -0.543. The van der Waals surface area contributed by atoms with Crippen molar-refractivity contribution in [2.24, 2.45) is 0 Å². The number of alkyl carbamates (subject to hydrolysis) is 1. The fourth-order valence-electron chi connectivity index (χ4n) is 2.27. The molecule has 1 aliphatic rings. The Hall–Kier alpha value is -1.97. The second kappa shape index (κ2) is 8.41. The molecule has 1 aliphatic heterocycles. The first-order valence-corrected chi connectivity index (χ1v) is 8.62. The summed E-state index contributed by atoms with van der Waals surface area (Å²) in [6.45, 7) is 10.1. The molecule has 1 saturated heterocycles. The summed E-state index contributed by atoms with van der Waals surface area (Å²) >= 11 is 6.09. The molecule has 0 bridgehead atoms. The van der Waals surface area contributed by atoms with Gasteiger partial charge in [-0.05, 0) is 39.7 Å². The first-order valence-electron chi connectivity index (χ1n) is 8.24. The molecule has 6 nitrogen and oxygen atoms in total. The molecule has 2 heterocycles. The van der Waals surface area contributed by atoms with Crippen molar-refractivity contribution in [1.29, 1.82) is 0 Å². The first-order chi connectivity index (χ1) is 11.7. The summed E-state index contributed by atoms with van der Waals surface area (Å²) in [5.74, 6) is 6.02. The van der Waals surface area contributed by atoms with Gasteiger partial charge < -0.3 is 19.7 Å². The lowest BCUT2D eigenvalue weighted by Gasteiger charge is -2.29. The molecule has 0 aliphatic carbocycles. The molecule has 0 saturated carbocycles. The summed E-state index contributed by atoms with van der Waals surface area (Å²) in [6.07, 6.45) is 1.08. The van der Waals surface area contributed by atoms with Crippen molar-refractivity contribution in [3.63, 3.8) is 0 Å². The molecule has 25 heavy (non-hydrogen) atoms. The zero-order valence-corrected chi connectivity index (χ0v) is 15.8. The Labute approximate surface area is 153 Å². The van der Waals surface area contributed by atoms with E-state index in [-0.39, 0.29) is 6.04 Å². The molecule has 7 heteroatoms. The highest BCUT2D eigenvalue weighted by molar-refractivity contribution is 6.30. The van der Waals surface area contributed by atoms with Crippen LogP contribution in [0.5, 0.6) is 0 Å². The topological polar surface area (TPSA) is 63.7 Å². The third-order valence-corrected chi connectivity index (χ3v) is 3.53. The first kappa shape index (κ1) is 19.4. The standard InChI is InChI=1S/C18H24ClN3O3/c1-13(21-17(23)25-18(2,3)4)5-6-15-16(11-14(19)12-20-15)22-7-9-24-10-8-22/h11-13H,7-10H2,1-4H3,(H,21,23). The van der Waals surface area contributed by atoms with Crippen molar-refractivity contribution in [3.05, 3.63) is 23.0 Å². The predicted molar refractivity (Wildman–Crippen MR) is 98.0 cm³/mol. The van der Waals surface area contributed by atoms with Crippen LogP contribution in [0.3, 0.4) is 0 Å². The Morgan fingerprint density at radius 2 is 2.12 bits per heavy atom. The van der Waals surface area contributed by atoms with Gasteiger partial charge in [0.25, 0.3) is 0 Å². The minimum absolute atomic E-state index is 0.370. The number of nitrogens with one attached hydrogen (secondary N) is 1. The van der Waals surface area contributed by atoms with Crippen molar-refractivity contribution in [2.75, 3.05) is 31.2 Å². The monoisotopic (exact) mass is 365 g/mol. The number of nitrogens with zero attached hydrogens (tertiary/aromatic N) is 2. The van der Waals surface area contributed by atoms with E-state index in [9.17, 15) is 4.79 Å². The van der Waals surface area contributed by atoms with Gasteiger partial charge in [0.15, 0.2) is 0 Å². The van der Waals surface area contributed by atoms with Crippen molar-refractivity contribution < 1.29 is 14.3 Å². The summed E-state index contributed by atoms with van der Waals surface area (Å²) in [7, 11) is 0. The summed E-state index contributed by atoms with van der Waals surface area (Å²) in [5.41, 5.74) is 0.968. The summed E-state index contributed by atoms with van der Waals surface area (Å²) in [4.78, 5) is 18.3. The average Bonchev–Trinajstić information content (AvgIpc) is 2.52. The molecule has 1 amide bonds. The maximum absolute atomic E-state index is 11.8. The Balaban J connectivity index is 2.09. The van der Waals surface area contributed by atoms with Crippen LogP contribution in [0.15, 0.2) is 12.3 Å². The van der Waals surface area contributed by atoms with Crippen LogP contribution < -0.4 is 10.2 Å². The van der Waals surface area contributed by atoms with Gasteiger partial charge in [-0.25, -0.2) is 9.78 Å². The number of ether oxygens (including phenoxy) is 2. The second-order valence-electron chi connectivity index (χ2n) is 6.76. The molecule has 0 radical (unpaired) electrons. The molecular formula is C18H24ClN3O3. The summed E-state index contributed by atoms with van der Waals surface area (Å²) in [6, 6.07) is 1.49. The van der Waals surface area contributed by atoms with E-state index < -0.39 is 11.7 Å². The Morgan fingerprint density at radius 3 is 2.76 bits per heavy atom. The highest BCUT2D eigenvalue weighted by Gasteiger charge is 2.18. The fourth-order valence-corrected chi connectivity index (χ4v) is 2.42. The number of anilines is 1. The molecule has 136 valence electrons.